The molecule has 0 bridgehead atoms. The zero-order valence-electron chi connectivity index (χ0n) is 12.8. The standard InChI is InChI=1S/C15H28N2O2S/c1-13(2)17(3)8-5-7-16-10-14(18)11-19-12-15-6-4-9-20-15/h4,6,9,13-14,16,18H,5,7-8,10-12H2,1-3H3. The first-order valence-electron chi connectivity index (χ1n) is 7.28. The van der Waals surface area contributed by atoms with Crippen molar-refractivity contribution in [3.8, 4) is 0 Å². The van der Waals surface area contributed by atoms with Crippen molar-refractivity contribution < 1.29 is 9.84 Å². The lowest BCUT2D eigenvalue weighted by Crippen LogP contribution is -2.33. The Labute approximate surface area is 126 Å². The van der Waals surface area contributed by atoms with Crippen molar-refractivity contribution in [1.82, 2.24) is 10.2 Å². The Hall–Kier alpha value is -0.460. The molecule has 2 N–H and O–H groups in total. The zero-order valence-corrected chi connectivity index (χ0v) is 13.7. The number of hydrogen-bond donors (Lipinski definition) is 2. The smallest absolute Gasteiger partial charge is 0.0897 e. The van der Waals surface area contributed by atoms with Crippen molar-refractivity contribution in [2.45, 2.75) is 39.0 Å². The molecule has 1 heterocycles. The Morgan fingerprint density at radius 1 is 1.45 bits per heavy atom. The minimum atomic E-state index is -0.433. The molecule has 0 saturated heterocycles. The van der Waals surface area contributed by atoms with Gasteiger partial charge in [-0.15, -0.1) is 11.3 Å². The van der Waals surface area contributed by atoms with Crippen LogP contribution in [0.25, 0.3) is 0 Å². The average molecular weight is 300 g/mol. The minimum Gasteiger partial charge on any atom is -0.389 e. The topological polar surface area (TPSA) is 44.7 Å². The molecule has 0 aliphatic rings. The van der Waals surface area contributed by atoms with E-state index in [2.05, 4.69) is 31.1 Å². The van der Waals surface area contributed by atoms with E-state index in [4.69, 9.17) is 4.74 Å². The van der Waals surface area contributed by atoms with Crippen molar-refractivity contribution in [2.24, 2.45) is 0 Å². The second-order valence-electron chi connectivity index (χ2n) is 5.38. The Morgan fingerprint density at radius 2 is 2.25 bits per heavy atom. The number of aliphatic hydroxyl groups excluding tert-OH is 1. The third-order valence-corrected chi connectivity index (χ3v) is 4.11. The number of hydrogen-bond acceptors (Lipinski definition) is 5. The number of nitrogens with zero attached hydrogens (tertiary/aromatic N) is 1. The van der Waals surface area contributed by atoms with Gasteiger partial charge in [-0.2, -0.15) is 0 Å². The summed E-state index contributed by atoms with van der Waals surface area (Å²) in [5, 5.41) is 15.1. The third-order valence-electron chi connectivity index (χ3n) is 3.26. The number of ether oxygens (including phenoxy) is 1. The highest BCUT2D eigenvalue weighted by molar-refractivity contribution is 7.09. The molecule has 0 aromatic carbocycles. The van der Waals surface area contributed by atoms with Crippen LogP contribution in [0.4, 0.5) is 0 Å². The summed E-state index contributed by atoms with van der Waals surface area (Å²) in [6, 6.07) is 4.64. The van der Waals surface area contributed by atoms with E-state index < -0.39 is 6.10 Å². The van der Waals surface area contributed by atoms with Crippen molar-refractivity contribution in [2.75, 3.05) is 33.3 Å². The van der Waals surface area contributed by atoms with E-state index in [-0.39, 0.29) is 0 Å². The van der Waals surface area contributed by atoms with Crippen LogP contribution in [0.5, 0.6) is 0 Å². The molecule has 116 valence electrons. The van der Waals surface area contributed by atoms with Crippen LogP contribution in [0.15, 0.2) is 17.5 Å². The molecule has 0 aliphatic heterocycles. The van der Waals surface area contributed by atoms with Gasteiger partial charge in [0.25, 0.3) is 0 Å². The highest BCUT2D eigenvalue weighted by Crippen LogP contribution is 2.09. The molecule has 4 nitrogen and oxygen atoms in total. The molecule has 1 rings (SSSR count). The van der Waals surface area contributed by atoms with E-state index >= 15 is 0 Å². The molecule has 5 heteroatoms. The lowest BCUT2D eigenvalue weighted by Gasteiger charge is -2.21. The van der Waals surface area contributed by atoms with Crippen LogP contribution >= 0.6 is 11.3 Å². The largest absolute Gasteiger partial charge is 0.389 e. The first-order chi connectivity index (χ1) is 9.59. The van der Waals surface area contributed by atoms with Crippen LogP contribution < -0.4 is 5.32 Å². The van der Waals surface area contributed by atoms with E-state index in [1.54, 1.807) is 11.3 Å². The highest BCUT2D eigenvalue weighted by Gasteiger charge is 2.05. The van der Waals surface area contributed by atoms with Crippen LogP contribution in [0.1, 0.15) is 25.1 Å². The minimum absolute atomic E-state index is 0.386. The predicted molar refractivity (Wildman–Crippen MR) is 85.2 cm³/mol. The Morgan fingerprint density at radius 3 is 2.90 bits per heavy atom. The Bertz CT molecular complexity index is 331. The van der Waals surface area contributed by atoms with Crippen molar-refractivity contribution in [1.29, 1.82) is 0 Å². The Balaban J connectivity index is 1.93. The van der Waals surface area contributed by atoms with Crippen LogP contribution in [0, 0.1) is 0 Å². The van der Waals surface area contributed by atoms with Gasteiger partial charge in [-0.25, -0.2) is 0 Å². The van der Waals surface area contributed by atoms with Gasteiger partial charge in [-0.3, -0.25) is 0 Å². The molecule has 1 aromatic heterocycles. The van der Waals surface area contributed by atoms with Crippen LogP contribution in [0.2, 0.25) is 0 Å². The number of nitrogens with one attached hydrogen (secondary N) is 1. The first-order valence-corrected chi connectivity index (χ1v) is 8.16. The molecule has 1 aromatic rings. The van der Waals surface area contributed by atoms with Gasteiger partial charge in [-0.1, -0.05) is 6.07 Å². The van der Waals surface area contributed by atoms with Crippen molar-refractivity contribution >= 4 is 11.3 Å². The van der Waals surface area contributed by atoms with E-state index in [9.17, 15) is 5.11 Å². The number of aliphatic hydroxyl groups is 1. The predicted octanol–water partition coefficient (Wildman–Crippen LogP) is 1.95. The molecule has 0 radical (unpaired) electrons. The molecule has 1 unspecified atom stereocenters. The van der Waals surface area contributed by atoms with Gasteiger partial charge in [0.1, 0.15) is 0 Å². The highest BCUT2D eigenvalue weighted by atomic mass is 32.1. The van der Waals surface area contributed by atoms with E-state index in [1.807, 2.05) is 17.5 Å². The fourth-order valence-electron chi connectivity index (χ4n) is 1.73. The molecular formula is C15H28N2O2S. The molecule has 0 aliphatic carbocycles. The van der Waals surface area contributed by atoms with Gasteiger partial charge in [0.15, 0.2) is 0 Å². The second-order valence-corrected chi connectivity index (χ2v) is 6.41. The number of rotatable bonds is 11. The van der Waals surface area contributed by atoms with Gasteiger partial charge in [0.05, 0.1) is 19.3 Å². The monoisotopic (exact) mass is 300 g/mol. The van der Waals surface area contributed by atoms with Gasteiger partial charge in [0.2, 0.25) is 0 Å². The summed E-state index contributed by atoms with van der Waals surface area (Å²) in [5.74, 6) is 0. The molecule has 0 amide bonds. The van der Waals surface area contributed by atoms with Crippen molar-refractivity contribution in [3.05, 3.63) is 22.4 Å². The van der Waals surface area contributed by atoms with Crippen LogP contribution in [-0.2, 0) is 11.3 Å². The molecule has 1 atom stereocenters. The maximum atomic E-state index is 9.78. The lowest BCUT2D eigenvalue weighted by molar-refractivity contribution is 0.0298. The quantitative estimate of drug-likeness (QED) is 0.613. The third kappa shape index (κ3) is 7.97. The van der Waals surface area contributed by atoms with E-state index in [0.717, 1.165) is 19.5 Å². The summed E-state index contributed by atoms with van der Waals surface area (Å²) in [6.45, 7) is 7.97. The average Bonchev–Trinajstić information content (AvgIpc) is 2.91. The summed E-state index contributed by atoms with van der Waals surface area (Å²) >= 11 is 1.68. The SMILES string of the molecule is CC(C)N(C)CCCNCC(O)COCc1cccs1. The fraction of sp³-hybridized carbons (Fsp3) is 0.733. The molecule has 20 heavy (non-hydrogen) atoms. The zero-order chi connectivity index (χ0) is 14.8. The lowest BCUT2D eigenvalue weighted by atomic mass is 10.3. The molecule has 0 saturated carbocycles. The van der Waals surface area contributed by atoms with Crippen LogP contribution in [-0.4, -0.2) is 55.4 Å². The van der Waals surface area contributed by atoms with Crippen LogP contribution in [0.3, 0.4) is 0 Å². The van der Waals surface area contributed by atoms with Gasteiger partial charge < -0.3 is 20.1 Å². The van der Waals surface area contributed by atoms with Gasteiger partial charge in [0, 0.05) is 17.5 Å². The molecule has 0 fully saturated rings. The maximum absolute atomic E-state index is 9.78. The van der Waals surface area contributed by atoms with E-state index in [1.165, 1.54) is 4.88 Å². The summed E-state index contributed by atoms with van der Waals surface area (Å²) < 4.78 is 5.48. The second kappa shape index (κ2) is 10.3. The normalized spacial score (nSPS) is 13.3. The van der Waals surface area contributed by atoms with Crippen molar-refractivity contribution in [3.63, 3.8) is 0 Å². The van der Waals surface area contributed by atoms with Gasteiger partial charge in [-0.05, 0) is 51.9 Å². The number of thiophene rings is 1. The van der Waals surface area contributed by atoms with Gasteiger partial charge >= 0.3 is 0 Å². The molecule has 0 spiro atoms. The van der Waals surface area contributed by atoms with E-state index in [0.29, 0.717) is 25.8 Å². The first kappa shape index (κ1) is 17.6. The maximum Gasteiger partial charge on any atom is 0.0897 e. The fourth-order valence-corrected chi connectivity index (χ4v) is 2.37. The summed E-state index contributed by atoms with van der Waals surface area (Å²) in [5.41, 5.74) is 0. The summed E-state index contributed by atoms with van der Waals surface area (Å²) in [7, 11) is 2.14. The molecular weight excluding hydrogens is 272 g/mol. The summed E-state index contributed by atoms with van der Waals surface area (Å²) in [4.78, 5) is 3.52. The summed E-state index contributed by atoms with van der Waals surface area (Å²) in [6.07, 6.45) is 0.662. The Kier molecular flexibility index (Phi) is 9.05.